The Kier molecular flexibility index (Phi) is 5.23. The van der Waals surface area contributed by atoms with Gasteiger partial charge in [0.05, 0.1) is 6.61 Å². The number of rotatable bonds is 4. The maximum Gasteiger partial charge on any atom is 0.229 e. The first-order valence-corrected chi connectivity index (χ1v) is 7.08. The van der Waals surface area contributed by atoms with Crippen LogP contribution in [-0.2, 0) is 4.74 Å². The number of Topliss-reactive ketones (excluding diaryl/α,β-unsaturated/α-hetero) is 1. The number of hydrogen-bond acceptors (Lipinski definition) is 8. The molecule has 0 radical (unpaired) electrons. The van der Waals surface area contributed by atoms with E-state index in [0.717, 1.165) is 0 Å². The molecule has 1 heterocycles. The molecular weight excluding hydrogens is 308 g/mol. The zero-order chi connectivity index (χ0) is 17.3. The molecule has 128 valence electrons. The molecule has 1 saturated heterocycles. The second-order valence-corrected chi connectivity index (χ2v) is 5.49. The van der Waals surface area contributed by atoms with E-state index in [-0.39, 0.29) is 22.8 Å². The molecule has 8 nitrogen and oxygen atoms in total. The minimum atomic E-state index is -1.57. The highest BCUT2D eigenvalue weighted by Gasteiger charge is 2.44. The Morgan fingerprint density at radius 3 is 2.43 bits per heavy atom. The lowest BCUT2D eigenvalue weighted by molar-refractivity contribution is -0.277. The lowest BCUT2D eigenvalue weighted by Gasteiger charge is -2.39. The number of hydrogen-bond donors (Lipinski definition) is 5. The summed E-state index contributed by atoms with van der Waals surface area (Å²) in [7, 11) is 0. The molecule has 1 aromatic carbocycles. The van der Waals surface area contributed by atoms with Gasteiger partial charge in [-0.05, 0) is 19.9 Å². The number of ketones is 1. The van der Waals surface area contributed by atoms with Crippen molar-refractivity contribution in [2.24, 2.45) is 0 Å². The van der Waals surface area contributed by atoms with Gasteiger partial charge in [-0.15, -0.1) is 0 Å². The molecule has 1 aromatic rings. The molecule has 0 amide bonds. The molecule has 5 unspecified atom stereocenters. The summed E-state index contributed by atoms with van der Waals surface area (Å²) in [5.41, 5.74) is 0.628. The molecule has 23 heavy (non-hydrogen) atoms. The lowest BCUT2D eigenvalue weighted by atomic mass is 9.99. The van der Waals surface area contributed by atoms with Crippen LogP contribution >= 0.6 is 0 Å². The van der Waals surface area contributed by atoms with Crippen molar-refractivity contribution in [3.8, 4) is 11.5 Å². The van der Waals surface area contributed by atoms with Crippen molar-refractivity contribution in [3.05, 3.63) is 23.3 Å². The monoisotopic (exact) mass is 328 g/mol. The summed E-state index contributed by atoms with van der Waals surface area (Å²) in [6, 6.07) is 2.61. The van der Waals surface area contributed by atoms with Crippen molar-refractivity contribution < 1.29 is 39.8 Å². The fourth-order valence-corrected chi connectivity index (χ4v) is 2.41. The van der Waals surface area contributed by atoms with Gasteiger partial charge >= 0.3 is 0 Å². The van der Waals surface area contributed by atoms with Crippen LogP contribution in [0.4, 0.5) is 0 Å². The van der Waals surface area contributed by atoms with E-state index in [4.69, 9.17) is 14.6 Å². The molecule has 5 N–H and O–H groups in total. The van der Waals surface area contributed by atoms with E-state index < -0.39 is 37.3 Å². The van der Waals surface area contributed by atoms with Gasteiger partial charge in [-0.2, -0.15) is 0 Å². The highest BCUT2D eigenvalue weighted by atomic mass is 16.7. The molecule has 8 heteroatoms. The summed E-state index contributed by atoms with van der Waals surface area (Å²) >= 11 is 0. The van der Waals surface area contributed by atoms with Crippen molar-refractivity contribution in [1.29, 1.82) is 0 Å². The number of aromatic hydroxyl groups is 1. The molecule has 0 aliphatic carbocycles. The minimum absolute atomic E-state index is 0.0441. The lowest BCUT2D eigenvalue weighted by Crippen LogP contribution is -2.60. The number of phenols is 1. The Hall–Kier alpha value is -1.71. The van der Waals surface area contributed by atoms with Gasteiger partial charge in [0, 0.05) is 17.2 Å². The largest absolute Gasteiger partial charge is 0.508 e. The Morgan fingerprint density at radius 2 is 1.87 bits per heavy atom. The summed E-state index contributed by atoms with van der Waals surface area (Å²) in [4.78, 5) is 11.6. The van der Waals surface area contributed by atoms with E-state index in [2.05, 4.69) is 0 Å². The Morgan fingerprint density at radius 1 is 1.22 bits per heavy atom. The minimum Gasteiger partial charge on any atom is -0.508 e. The van der Waals surface area contributed by atoms with Crippen LogP contribution in [-0.4, -0.2) is 68.6 Å². The predicted molar refractivity (Wildman–Crippen MR) is 77.2 cm³/mol. The van der Waals surface area contributed by atoms with Gasteiger partial charge in [0.1, 0.15) is 35.9 Å². The first-order chi connectivity index (χ1) is 10.8. The van der Waals surface area contributed by atoms with E-state index in [1.54, 1.807) is 6.92 Å². The average Bonchev–Trinajstić information content (AvgIpc) is 2.50. The maximum absolute atomic E-state index is 11.6. The van der Waals surface area contributed by atoms with Crippen LogP contribution in [0.3, 0.4) is 0 Å². The fourth-order valence-electron chi connectivity index (χ4n) is 2.41. The summed E-state index contributed by atoms with van der Waals surface area (Å²) in [5, 5.41) is 48.3. The number of phenolic OH excluding ortho intramolecular Hbond substituents is 1. The Bertz CT molecular complexity index is 585. The van der Waals surface area contributed by atoms with Gasteiger partial charge in [0.15, 0.2) is 5.78 Å². The number of aliphatic hydroxyl groups excluding tert-OH is 4. The number of ether oxygens (including phenoxy) is 2. The van der Waals surface area contributed by atoms with E-state index in [1.165, 1.54) is 19.1 Å². The summed E-state index contributed by atoms with van der Waals surface area (Å²) in [6.07, 6.45) is -7.12. The fraction of sp³-hybridized carbons (Fsp3) is 0.533. The van der Waals surface area contributed by atoms with Gasteiger partial charge in [0.25, 0.3) is 0 Å². The molecule has 2 rings (SSSR count). The number of benzene rings is 1. The number of carbonyl (C=O) groups excluding carboxylic acids is 1. The number of carbonyl (C=O) groups is 1. The first kappa shape index (κ1) is 17.6. The quantitative estimate of drug-likeness (QED) is 0.448. The molecule has 1 aliphatic rings. The Labute approximate surface area is 132 Å². The van der Waals surface area contributed by atoms with E-state index in [1.807, 2.05) is 0 Å². The zero-order valence-electron chi connectivity index (χ0n) is 12.7. The summed E-state index contributed by atoms with van der Waals surface area (Å²) in [6.45, 7) is 2.33. The smallest absolute Gasteiger partial charge is 0.229 e. The van der Waals surface area contributed by atoms with Crippen LogP contribution in [0.1, 0.15) is 22.8 Å². The van der Waals surface area contributed by atoms with Crippen molar-refractivity contribution in [2.75, 3.05) is 6.61 Å². The average molecular weight is 328 g/mol. The first-order valence-electron chi connectivity index (χ1n) is 7.08. The van der Waals surface area contributed by atoms with Gasteiger partial charge in [0.2, 0.25) is 6.29 Å². The molecular formula is C15H20O8. The molecule has 5 atom stereocenters. The Balaban J connectivity index is 2.26. The van der Waals surface area contributed by atoms with Crippen LogP contribution < -0.4 is 4.74 Å². The second-order valence-electron chi connectivity index (χ2n) is 5.49. The summed E-state index contributed by atoms with van der Waals surface area (Å²) in [5.74, 6) is -0.406. The van der Waals surface area contributed by atoms with Crippen molar-refractivity contribution in [1.82, 2.24) is 0 Å². The van der Waals surface area contributed by atoms with Crippen LogP contribution in [0.2, 0.25) is 0 Å². The normalized spacial score (nSPS) is 31.0. The van der Waals surface area contributed by atoms with Gasteiger partial charge in [-0.1, -0.05) is 0 Å². The van der Waals surface area contributed by atoms with Gasteiger partial charge in [-0.25, -0.2) is 0 Å². The standard InChI is InChI=1S/C15H20O8/c1-6-9(7(2)17)3-8(4-10(6)18)22-15-14(21)13(20)12(19)11(5-16)23-15/h3-4,11-16,18-21H,5H2,1-2H3. The van der Waals surface area contributed by atoms with Crippen LogP contribution in [0, 0.1) is 6.92 Å². The molecule has 1 aliphatic heterocycles. The molecule has 0 spiro atoms. The molecule has 1 fully saturated rings. The maximum atomic E-state index is 11.6. The molecule has 0 aromatic heterocycles. The second kappa shape index (κ2) is 6.81. The van der Waals surface area contributed by atoms with Crippen molar-refractivity contribution in [3.63, 3.8) is 0 Å². The van der Waals surface area contributed by atoms with E-state index in [9.17, 15) is 25.2 Å². The van der Waals surface area contributed by atoms with Crippen LogP contribution in [0.5, 0.6) is 11.5 Å². The SMILES string of the molecule is CC(=O)c1cc(OC2OC(CO)C(O)C(O)C2O)cc(O)c1C. The van der Waals surface area contributed by atoms with E-state index in [0.29, 0.717) is 5.56 Å². The predicted octanol–water partition coefficient (Wildman–Crippen LogP) is -0.918. The van der Waals surface area contributed by atoms with Gasteiger partial charge in [-0.3, -0.25) is 4.79 Å². The third kappa shape index (κ3) is 3.46. The highest BCUT2D eigenvalue weighted by molar-refractivity contribution is 5.96. The third-order valence-electron chi connectivity index (χ3n) is 3.83. The molecule has 0 saturated carbocycles. The van der Waals surface area contributed by atoms with Crippen LogP contribution in [0.15, 0.2) is 12.1 Å². The number of aliphatic hydroxyl groups is 4. The van der Waals surface area contributed by atoms with Crippen molar-refractivity contribution >= 4 is 5.78 Å². The summed E-state index contributed by atoms with van der Waals surface area (Å²) < 4.78 is 10.6. The molecule has 0 bridgehead atoms. The topological polar surface area (TPSA) is 137 Å². The zero-order valence-corrected chi connectivity index (χ0v) is 12.7. The third-order valence-corrected chi connectivity index (χ3v) is 3.83. The van der Waals surface area contributed by atoms with Crippen molar-refractivity contribution in [2.45, 2.75) is 44.6 Å². The van der Waals surface area contributed by atoms with Crippen LogP contribution in [0.25, 0.3) is 0 Å². The highest BCUT2D eigenvalue weighted by Crippen LogP contribution is 2.30. The van der Waals surface area contributed by atoms with E-state index >= 15 is 0 Å². The van der Waals surface area contributed by atoms with Gasteiger partial charge < -0.3 is 35.0 Å².